The lowest BCUT2D eigenvalue weighted by molar-refractivity contribution is -0.152. The normalized spacial score (nSPS) is 17.2. The van der Waals surface area contributed by atoms with E-state index in [0.29, 0.717) is 34.8 Å². The first kappa shape index (κ1) is 29.1. The molecular formula is C31H32ClN5O5. The maximum Gasteiger partial charge on any atom is 0.255 e. The van der Waals surface area contributed by atoms with Crippen molar-refractivity contribution in [2.75, 3.05) is 20.2 Å². The zero-order valence-electron chi connectivity index (χ0n) is 23.5. The van der Waals surface area contributed by atoms with Gasteiger partial charge >= 0.3 is 0 Å². The van der Waals surface area contributed by atoms with Gasteiger partial charge in [0.15, 0.2) is 0 Å². The summed E-state index contributed by atoms with van der Waals surface area (Å²) in [5, 5.41) is 7.46. The summed E-state index contributed by atoms with van der Waals surface area (Å²) in [6.07, 6.45) is 3.75. The van der Waals surface area contributed by atoms with Gasteiger partial charge in [-0.05, 0) is 62.7 Å². The monoisotopic (exact) mass is 589 g/mol. The molecule has 1 aliphatic heterocycles. The molecule has 2 atom stereocenters. The second kappa shape index (κ2) is 11.8. The number of aromatic amines is 1. The number of rotatable bonds is 7. The molecule has 0 radical (unpaired) electrons. The number of carbonyl (C=O) groups excluding carboxylic acids is 3. The molecule has 0 saturated carbocycles. The molecule has 11 heteroatoms. The molecule has 218 valence electrons. The molecule has 2 aromatic heterocycles. The van der Waals surface area contributed by atoms with E-state index in [9.17, 15) is 19.2 Å². The van der Waals surface area contributed by atoms with Crippen LogP contribution in [0.15, 0.2) is 77.9 Å². The predicted molar refractivity (Wildman–Crippen MR) is 160 cm³/mol. The van der Waals surface area contributed by atoms with Crippen LogP contribution in [0.3, 0.4) is 0 Å². The number of aromatic nitrogens is 2. The molecule has 3 heterocycles. The van der Waals surface area contributed by atoms with Gasteiger partial charge in [-0.25, -0.2) is 0 Å². The summed E-state index contributed by atoms with van der Waals surface area (Å²) in [4.78, 5) is 56.7. The predicted octanol–water partition coefficient (Wildman–Crippen LogP) is 3.53. The summed E-state index contributed by atoms with van der Waals surface area (Å²) in [6, 6.07) is 15.7. The number of nitrogens with zero attached hydrogens (tertiary/aromatic N) is 2. The molecule has 1 aliphatic rings. The number of halogens is 1. The van der Waals surface area contributed by atoms with Crippen LogP contribution in [-0.4, -0.2) is 70.1 Å². The highest BCUT2D eigenvalue weighted by molar-refractivity contribution is 6.35. The van der Waals surface area contributed by atoms with Crippen LogP contribution in [0.1, 0.15) is 41.0 Å². The molecule has 3 amide bonds. The number of pyridine rings is 1. The Hall–Kier alpha value is -4.41. The fourth-order valence-corrected chi connectivity index (χ4v) is 5.29. The SMILES string of the molecule is COC(C)(C)C(=O)N1CC[C@@H](NC(=O)c2ccc3c(Cl)c[nH]c3c2)[C@@H](NC(=O)c2ccc(-n3ccccc3=O)cc2)C1. The van der Waals surface area contributed by atoms with E-state index in [1.54, 1.807) is 85.7 Å². The highest BCUT2D eigenvalue weighted by Crippen LogP contribution is 2.24. The molecular weight excluding hydrogens is 558 g/mol. The van der Waals surface area contributed by atoms with Crippen molar-refractivity contribution in [3.8, 4) is 5.69 Å². The van der Waals surface area contributed by atoms with Gasteiger partial charge in [-0.15, -0.1) is 0 Å². The third-order valence-corrected chi connectivity index (χ3v) is 7.99. The first-order valence-corrected chi connectivity index (χ1v) is 14.0. The molecule has 0 unspecified atom stereocenters. The van der Waals surface area contributed by atoms with Gasteiger partial charge in [-0.1, -0.05) is 23.7 Å². The van der Waals surface area contributed by atoms with Gasteiger partial charge in [0.1, 0.15) is 5.60 Å². The summed E-state index contributed by atoms with van der Waals surface area (Å²) >= 11 is 6.18. The fourth-order valence-electron chi connectivity index (χ4n) is 5.07. The molecule has 42 heavy (non-hydrogen) atoms. The van der Waals surface area contributed by atoms with E-state index in [2.05, 4.69) is 15.6 Å². The number of piperidine rings is 1. The minimum absolute atomic E-state index is 0.183. The molecule has 2 aromatic carbocycles. The average Bonchev–Trinajstić information content (AvgIpc) is 3.37. The number of hydrogen-bond donors (Lipinski definition) is 3. The number of methoxy groups -OCH3 is 1. The van der Waals surface area contributed by atoms with Crippen LogP contribution in [0.5, 0.6) is 0 Å². The third-order valence-electron chi connectivity index (χ3n) is 7.68. The number of ether oxygens (including phenoxy) is 1. The standard InChI is InChI=1S/C31H32ClN5O5/c1-31(2,42-3)30(41)36-15-13-24(34-29(40)20-9-12-22-23(32)17-33-25(22)16-20)26(18-36)35-28(39)19-7-10-21(11-8-19)37-14-5-4-6-27(37)38/h4-12,14,16-17,24,26,33H,13,15,18H2,1-3H3,(H,34,40)(H,35,39)/t24-,26+/m1/s1. The number of benzene rings is 2. The number of H-pyrrole nitrogens is 1. The minimum Gasteiger partial charge on any atom is -0.369 e. The van der Waals surface area contributed by atoms with E-state index in [0.717, 1.165) is 10.9 Å². The topological polar surface area (TPSA) is 126 Å². The average molecular weight is 590 g/mol. The minimum atomic E-state index is -1.04. The number of fused-ring (bicyclic) bond motifs is 1. The Labute approximate surface area is 247 Å². The molecule has 0 spiro atoms. The highest BCUT2D eigenvalue weighted by Gasteiger charge is 2.39. The number of hydrogen-bond acceptors (Lipinski definition) is 5. The lowest BCUT2D eigenvalue weighted by Gasteiger charge is -2.41. The van der Waals surface area contributed by atoms with E-state index in [1.165, 1.54) is 17.7 Å². The van der Waals surface area contributed by atoms with Crippen LogP contribution in [0, 0.1) is 0 Å². The first-order valence-electron chi connectivity index (χ1n) is 13.6. The molecule has 1 saturated heterocycles. The van der Waals surface area contributed by atoms with Crippen molar-refractivity contribution in [2.45, 2.75) is 38.0 Å². The summed E-state index contributed by atoms with van der Waals surface area (Å²) in [7, 11) is 1.48. The van der Waals surface area contributed by atoms with Crippen molar-refractivity contribution >= 4 is 40.2 Å². The second-order valence-electron chi connectivity index (χ2n) is 10.8. The summed E-state index contributed by atoms with van der Waals surface area (Å²) in [5.74, 6) is -0.878. The van der Waals surface area contributed by atoms with Gasteiger partial charge in [0.2, 0.25) is 0 Å². The Morgan fingerprint density at radius 2 is 1.67 bits per heavy atom. The summed E-state index contributed by atoms with van der Waals surface area (Å²) in [6.45, 7) is 3.96. The molecule has 10 nitrogen and oxygen atoms in total. The number of nitrogens with one attached hydrogen (secondary N) is 3. The van der Waals surface area contributed by atoms with Crippen LogP contribution < -0.4 is 16.2 Å². The van der Waals surface area contributed by atoms with Crippen molar-refractivity contribution in [3.63, 3.8) is 0 Å². The van der Waals surface area contributed by atoms with Crippen molar-refractivity contribution in [2.24, 2.45) is 0 Å². The molecule has 5 rings (SSSR count). The lowest BCUT2D eigenvalue weighted by atomic mass is 9.96. The van der Waals surface area contributed by atoms with E-state index < -0.39 is 17.7 Å². The summed E-state index contributed by atoms with van der Waals surface area (Å²) in [5.41, 5.74) is 0.958. The second-order valence-corrected chi connectivity index (χ2v) is 11.2. The van der Waals surface area contributed by atoms with Crippen LogP contribution in [0.2, 0.25) is 5.02 Å². The van der Waals surface area contributed by atoms with Gasteiger partial charge in [-0.2, -0.15) is 0 Å². The van der Waals surface area contributed by atoms with Crippen molar-refractivity contribution in [3.05, 3.63) is 99.6 Å². The van der Waals surface area contributed by atoms with E-state index in [-0.39, 0.29) is 29.8 Å². The maximum atomic E-state index is 13.4. The van der Waals surface area contributed by atoms with Gasteiger partial charge in [0.05, 0.1) is 17.1 Å². The Balaban J connectivity index is 1.35. The third kappa shape index (κ3) is 5.95. The van der Waals surface area contributed by atoms with E-state index >= 15 is 0 Å². The molecule has 0 aliphatic carbocycles. The number of likely N-dealkylation sites (tertiary alicyclic amines) is 1. The largest absolute Gasteiger partial charge is 0.369 e. The van der Waals surface area contributed by atoms with Crippen LogP contribution in [-0.2, 0) is 9.53 Å². The maximum absolute atomic E-state index is 13.4. The lowest BCUT2D eigenvalue weighted by Crippen LogP contribution is -2.63. The van der Waals surface area contributed by atoms with Gasteiger partial charge in [0.25, 0.3) is 23.3 Å². The Morgan fingerprint density at radius 1 is 0.976 bits per heavy atom. The zero-order valence-corrected chi connectivity index (χ0v) is 24.3. The Kier molecular flexibility index (Phi) is 8.20. The smallest absolute Gasteiger partial charge is 0.255 e. The molecule has 4 aromatic rings. The van der Waals surface area contributed by atoms with Crippen LogP contribution in [0.4, 0.5) is 0 Å². The molecule has 1 fully saturated rings. The molecule has 0 bridgehead atoms. The van der Waals surface area contributed by atoms with Gasteiger partial charge in [-0.3, -0.25) is 23.7 Å². The quantitative estimate of drug-likeness (QED) is 0.304. The fraction of sp³-hybridized carbons (Fsp3) is 0.290. The van der Waals surface area contributed by atoms with E-state index in [1.807, 2.05) is 0 Å². The Morgan fingerprint density at radius 3 is 2.38 bits per heavy atom. The number of carbonyl (C=O) groups is 3. The van der Waals surface area contributed by atoms with Gasteiger partial charge in [0, 0.05) is 66.4 Å². The van der Waals surface area contributed by atoms with Crippen LogP contribution in [0.25, 0.3) is 16.6 Å². The van der Waals surface area contributed by atoms with Gasteiger partial charge < -0.3 is 25.3 Å². The first-order chi connectivity index (χ1) is 20.1. The molecule has 3 N–H and O–H groups in total. The Bertz CT molecular complexity index is 1690. The summed E-state index contributed by atoms with van der Waals surface area (Å²) < 4.78 is 6.88. The van der Waals surface area contributed by atoms with Crippen molar-refractivity contribution in [1.82, 2.24) is 25.1 Å². The highest BCUT2D eigenvalue weighted by atomic mass is 35.5. The van der Waals surface area contributed by atoms with E-state index in [4.69, 9.17) is 16.3 Å². The van der Waals surface area contributed by atoms with Crippen molar-refractivity contribution < 1.29 is 19.1 Å². The zero-order chi connectivity index (χ0) is 30.0. The number of amides is 3. The van der Waals surface area contributed by atoms with Crippen LogP contribution >= 0.6 is 11.6 Å². The van der Waals surface area contributed by atoms with Crippen molar-refractivity contribution in [1.29, 1.82) is 0 Å².